The number of carbonyl (C=O) groups is 1. The Morgan fingerprint density at radius 1 is 1.21 bits per heavy atom. The minimum Gasteiger partial charge on any atom is -0.337 e. The van der Waals surface area contributed by atoms with Crippen LogP contribution in [0.4, 0.5) is 15.8 Å². The first-order chi connectivity index (χ1) is 9.20. The smallest absolute Gasteiger partial charge is 0.152 e. The minimum atomic E-state index is -0.383. The highest BCUT2D eigenvalue weighted by molar-refractivity contribution is 5.88. The van der Waals surface area contributed by atoms with E-state index in [-0.39, 0.29) is 11.9 Å². The van der Waals surface area contributed by atoms with Crippen LogP contribution in [0.5, 0.6) is 0 Å². The van der Waals surface area contributed by atoms with E-state index >= 15 is 0 Å². The van der Waals surface area contributed by atoms with Gasteiger partial charge in [0.1, 0.15) is 5.82 Å². The Bertz CT molecular complexity index is 638. The summed E-state index contributed by atoms with van der Waals surface area (Å²) in [6.45, 7) is 2.11. The molecule has 0 spiro atoms. The van der Waals surface area contributed by atoms with E-state index in [2.05, 4.69) is 17.9 Å². The van der Waals surface area contributed by atoms with Crippen LogP contribution in [0.25, 0.3) is 0 Å². The first kappa shape index (κ1) is 11.9. The number of hydrogen-bond acceptors (Lipinski definition) is 2. The zero-order valence-electron chi connectivity index (χ0n) is 10.6. The second-order valence-corrected chi connectivity index (χ2v) is 4.87. The predicted octanol–water partition coefficient (Wildman–Crippen LogP) is 3.72. The molecule has 2 aromatic carbocycles. The van der Waals surface area contributed by atoms with Crippen molar-refractivity contribution < 1.29 is 9.18 Å². The van der Waals surface area contributed by atoms with Crippen LogP contribution in [0, 0.1) is 5.82 Å². The first-order valence-corrected chi connectivity index (χ1v) is 6.32. The molecule has 0 saturated heterocycles. The van der Waals surface area contributed by atoms with Crippen molar-refractivity contribution >= 4 is 17.7 Å². The summed E-state index contributed by atoms with van der Waals surface area (Å²) in [5, 5.41) is 0. The Morgan fingerprint density at radius 3 is 2.79 bits per heavy atom. The van der Waals surface area contributed by atoms with Crippen molar-refractivity contribution in [3.05, 3.63) is 59.4 Å². The predicted molar refractivity (Wildman–Crippen MR) is 73.5 cm³/mol. The van der Waals surface area contributed by atoms with Crippen LogP contribution in [-0.2, 0) is 6.42 Å². The van der Waals surface area contributed by atoms with Gasteiger partial charge in [-0.2, -0.15) is 0 Å². The second kappa shape index (κ2) is 4.50. The van der Waals surface area contributed by atoms with Gasteiger partial charge in [-0.15, -0.1) is 0 Å². The fourth-order valence-electron chi connectivity index (χ4n) is 2.77. The second-order valence-electron chi connectivity index (χ2n) is 4.87. The van der Waals surface area contributed by atoms with Gasteiger partial charge in [-0.25, -0.2) is 4.39 Å². The number of hydrogen-bond donors (Lipinski definition) is 0. The van der Waals surface area contributed by atoms with Crippen molar-refractivity contribution in [1.29, 1.82) is 0 Å². The highest BCUT2D eigenvalue weighted by Crippen LogP contribution is 2.39. The lowest BCUT2D eigenvalue weighted by Crippen LogP contribution is -2.25. The summed E-state index contributed by atoms with van der Waals surface area (Å²) in [5.74, 6) is -0.383. The maximum atomic E-state index is 13.2. The van der Waals surface area contributed by atoms with E-state index in [0.29, 0.717) is 11.8 Å². The Hall–Kier alpha value is -2.16. The summed E-state index contributed by atoms with van der Waals surface area (Å²) < 4.78 is 13.2. The molecule has 3 rings (SSSR count). The number of carbonyl (C=O) groups excluding carboxylic acids is 1. The average Bonchev–Trinajstić information content (AvgIpc) is 2.74. The van der Waals surface area contributed by atoms with Gasteiger partial charge in [0, 0.05) is 17.3 Å². The third-order valence-corrected chi connectivity index (χ3v) is 3.58. The van der Waals surface area contributed by atoms with Gasteiger partial charge < -0.3 is 4.90 Å². The quantitative estimate of drug-likeness (QED) is 0.762. The van der Waals surface area contributed by atoms with Gasteiger partial charge in [0.2, 0.25) is 0 Å². The first-order valence-electron chi connectivity index (χ1n) is 6.32. The molecule has 0 amide bonds. The van der Waals surface area contributed by atoms with Crippen molar-refractivity contribution in [1.82, 2.24) is 0 Å². The van der Waals surface area contributed by atoms with Crippen LogP contribution in [0.1, 0.15) is 22.8 Å². The van der Waals surface area contributed by atoms with E-state index in [9.17, 15) is 9.18 Å². The van der Waals surface area contributed by atoms with Gasteiger partial charge in [0.05, 0.1) is 5.69 Å². The molecule has 3 heteroatoms. The number of nitrogens with zero attached hydrogens (tertiary/aromatic N) is 1. The lowest BCUT2D eigenvalue weighted by Gasteiger charge is -2.26. The number of rotatable bonds is 2. The van der Waals surface area contributed by atoms with Gasteiger partial charge >= 0.3 is 0 Å². The molecule has 1 atom stereocenters. The van der Waals surface area contributed by atoms with Crippen LogP contribution in [0.2, 0.25) is 0 Å². The average molecular weight is 255 g/mol. The van der Waals surface area contributed by atoms with Gasteiger partial charge in [0.15, 0.2) is 6.29 Å². The lowest BCUT2D eigenvalue weighted by atomic mass is 10.1. The topological polar surface area (TPSA) is 20.3 Å². The molecule has 96 valence electrons. The molecule has 0 fully saturated rings. The molecule has 2 aromatic rings. The number of anilines is 2. The van der Waals surface area contributed by atoms with Crippen LogP contribution >= 0.6 is 0 Å². The largest absolute Gasteiger partial charge is 0.337 e. The van der Waals surface area contributed by atoms with E-state index in [1.807, 2.05) is 18.2 Å². The maximum absolute atomic E-state index is 13.2. The fraction of sp³-hybridized carbons (Fsp3) is 0.188. The molecule has 1 heterocycles. The van der Waals surface area contributed by atoms with Gasteiger partial charge in [-0.3, -0.25) is 4.79 Å². The minimum absolute atomic E-state index is 0.265. The summed E-state index contributed by atoms with van der Waals surface area (Å²) >= 11 is 0. The number of halogens is 1. The number of fused-ring (bicyclic) bond motifs is 1. The van der Waals surface area contributed by atoms with Gasteiger partial charge in [-0.05, 0) is 43.2 Å². The summed E-state index contributed by atoms with van der Waals surface area (Å²) in [6, 6.07) is 12.8. The maximum Gasteiger partial charge on any atom is 0.152 e. The Morgan fingerprint density at radius 2 is 2.00 bits per heavy atom. The van der Waals surface area contributed by atoms with Crippen molar-refractivity contribution in [3.63, 3.8) is 0 Å². The normalized spacial score (nSPS) is 17.4. The van der Waals surface area contributed by atoms with Crippen molar-refractivity contribution in [3.8, 4) is 0 Å². The Labute approximate surface area is 111 Å². The van der Waals surface area contributed by atoms with Crippen LogP contribution in [-0.4, -0.2) is 12.3 Å². The number of benzene rings is 2. The molecule has 0 saturated carbocycles. The molecule has 0 aromatic heterocycles. The summed E-state index contributed by atoms with van der Waals surface area (Å²) in [6.07, 6.45) is 1.65. The van der Waals surface area contributed by atoms with E-state index in [1.54, 1.807) is 6.07 Å². The molecular weight excluding hydrogens is 241 g/mol. The Balaban J connectivity index is 2.15. The fourth-order valence-corrected chi connectivity index (χ4v) is 2.77. The molecular formula is C16H14FNO. The SMILES string of the molecule is CC1Cc2ccccc2N1c1ccc(F)cc1C=O. The van der Waals surface area contributed by atoms with Crippen molar-refractivity contribution in [2.24, 2.45) is 0 Å². The summed E-state index contributed by atoms with van der Waals surface area (Å²) in [4.78, 5) is 13.3. The molecule has 1 aliphatic rings. The van der Waals surface area contributed by atoms with Crippen LogP contribution in [0.15, 0.2) is 42.5 Å². The zero-order chi connectivity index (χ0) is 13.4. The molecule has 19 heavy (non-hydrogen) atoms. The third kappa shape index (κ3) is 1.91. The summed E-state index contributed by atoms with van der Waals surface area (Å²) in [5.41, 5.74) is 3.53. The lowest BCUT2D eigenvalue weighted by molar-refractivity contribution is 0.112. The van der Waals surface area contributed by atoms with E-state index in [0.717, 1.165) is 17.8 Å². The van der Waals surface area contributed by atoms with Gasteiger partial charge in [-0.1, -0.05) is 18.2 Å². The highest BCUT2D eigenvalue weighted by Gasteiger charge is 2.28. The molecule has 2 nitrogen and oxygen atoms in total. The third-order valence-electron chi connectivity index (χ3n) is 3.58. The molecule has 0 aliphatic carbocycles. The van der Waals surface area contributed by atoms with Crippen molar-refractivity contribution in [2.75, 3.05) is 4.90 Å². The van der Waals surface area contributed by atoms with Crippen LogP contribution < -0.4 is 4.90 Å². The number of aldehydes is 1. The zero-order valence-corrected chi connectivity index (χ0v) is 10.6. The number of para-hydroxylation sites is 1. The highest BCUT2D eigenvalue weighted by atomic mass is 19.1. The molecule has 1 unspecified atom stereocenters. The van der Waals surface area contributed by atoms with Crippen molar-refractivity contribution in [2.45, 2.75) is 19.4 Å². The van der Waals surface area contributed by atoms with Crippen LogP contribution in [0.3, 0.4) is 0 Å². The molecule has 0 radical (unpaired) electrons. The monoisotopic (exact) mass is 255 g/mol. The van der Waals surface area contributed by atoms with E-state index in [4.69, 9.17) is 0 Å². The molecule has 0 bridgehead atoms. The van der Waals surface area contributed by atoms with Gasteiger partial charge in [0.25, 0.3) is 0 Å². The molecule has 1 aliphatic heterocycles. The van der Waals surface area contributed by atoms with E-state index < -0.39 is 0 Å². The summed E-state index contributed by atoms with van der Waals surface area (Å²) in [7, 11) is 0. The molecule has 0 N–H and O–H groups in total. The Kier molecular flexibility index (Phi) is 2.82. The standard InChI is InChI=1S/C16H14FNO/c1-11-8-12-4-2-3-5-15(12)18(11)16-7-6-14(17)9-13(16)10-19/h2-7,9-11H,8H2,1H3. The van der Waals surface area contributed by atoms with E-state index in [1.165, 1.54) is 17.7 Å².